The molecule has 0 spiro atoms. The number of benzene rings is 2. The molecule has 1 saturated heterocycles. The molecule has 0 aliphatic carbocycles. The lowest BCUT2D eigenvalue weighted by molar-refractivity contribution is 0.196. The summed E-state index contributed by atoms with van der Waals surface area (Å²) in [6, 6.07) is 17.5. The highest BCUT2D eigenvalue weighted by atomic mass is 16.5. The molecule has 1 fully saturated rings. The first-order valence-electron chi connectivity index (χ1n) is 9.49. The van der Waals surface area contributed by atoms with Crippen molar-refractivity contribution in [3.63, 3.8) is 0 Å². The number of hydrogen-bond donors (Lipinski definition) is 1. The maximum atomic E-state index is 5.41. The number of methoxy groups -OCH3 is 2. The Morgan fingerprint density at radius 2 is 1.77 bits per heavy atom. The fourth-order valence-corrected chi connectivity index (χ4v) is 3.60. The first kappa shape index (κ1) is 18.7. The lowest BCUT2D eigenvalue weighted by Gasteiger charge is -2.34. The molecule has 3 rings (SSSR count). The fraction of sp³-hybridized carbons (Fsp3) is 0.455. The summed E-state index contributed by atoms with van der Waals surface area (Å²) in [6.45, 7) is 4.48. The van der Waals surface area contributed by atoms with Gasteiger partial charge in [0.2, 0.25) is 0 Å². The van der Waals surface area contributed by atoms with Crippen molar-refractivity contribution >= 4 is 0 Å². The molecular weight excluding hydrogens is 324 g/mol. The van der Waals surface area contributed by atoms with Crippen LogP contribution in [0.4, 0.5) is 0 Å². The number of nitrogens with one attached hydrogen (secondary N) is 1. The molecule has 2 aromatic rings. The van der Waals surface area contributed by atoms with Crippen molar-refractivity contribution in [1.29, 1.82) is 0 Å². The van der Waals surface area contributed by atoms with Gasteiger partial charge in [-0.05, 0) is 42.5 Å². The van der Waals surface area contributed by atoms with Crippen LogP contribution in [-0.4, -0.2) is 51.3 Å². The predicted molar refractivity (Wildman–Crippen MR) is 106 cm³/mol. The van der Waals surface area contributed by atoms with Crippen LogP contribution in [0.3, 0.4) is 0 Å². The first-order chi connectivity index (χ1) is 12.8. The molecule has 1 atom stereocenters. The van der Waals surface area contributed by atoms with Crippen LogP contribution in [0.5, 0.6) is 11.5 Å². The van der Waals surface area contributed by atoms with Gasteiger partial charge >= 0.3 is 0 Å². The van der Waals surface area contributed by atoms with Crippen molar-refractivity contribution in [3.05, 3.63) is 59.7 Å². The molecule has 0 aromatic heterocycles. The van der Waals surface area contributed by atoms with Crippen molar-refractivity contribution in [2.75, 3.05) is 40.4 Å². The second kappa shape index (κ2) is 9.60. The van der Waals surface area contributed by atoms with Gasteiger partial charge in [-0.25, -0.2) is 0 Å². The Morgan fingerprint density at radius 3 is 2.54 bits per heavy atom. The molecule has 1 N–H and O–H groups in total. The molecule has 4 heteroatoms. The Bertz CT molecular complexity index is 675. The molecule has 1 aliphatic heterocycles. The Kier molecular flexibility index (Phi) is 6.92. The number of piperazine rings is 1. The van der Waals surface area contributed by atoms with Crippen molar-refractivity contribution < 1.29 is 9.47 Å². The minimum atomic E-state index is 0.549. The Hall–Kier alpha value is -2.04. The maximum Gasteiger partial charge on any atom is 0.160 e. The van der Waals surface area contributed by atoms with Crippen molar-refractivity contribution in [1.82, 2.24) is 10.2 Å². The summed E-state index contributed by atoms with van der Waals surface area (Å²) < 4.78 is 10.7. The topological polar surface area (TPSA) is 33.7 Å². The van der Waals surface area contributed by atoms with E-state index in [1.54, 1.807) is 14.2 Å². The van der Waals surface area contributed by atoms with E-state index in [0.717, 1.165) is 56.9 Å². The zero-order chi connectivity index (χ0) is 18.2. The summed E-state index contributed by atoms with van der Waals surface area (Å²) >= 11 is 0. The lowest BCUT2D eigenvalue weighted by atomic mass is 10.0. The predicted octanol–water partition coefficient (Wildman–Crippen LogP) is 3.15. The number of ether oxygens (including phenoxy) is 2. The molecule has 1 unspecified atom stereocenters. The molecule has 0 saturated carbocycles. The van der Waals surface area contributed by atoms with Crippen molar-refractivity contribution in [2.24, 2.45) is 0 Å². The van der Waals surface area contributed by atoms with Crippen LogP contribution in [0.25, 0.3) is 0 Å². The van der Waals surface area contributed by atoms with Crippen LogP contribution in [0, 0.1) is 0 Å². The van der Waals surface area contributed by atoms with Crippen LogP contribution in [0.15, 0.2) is 48.5 Å². The second-order valence-electron chi connectivity index (χ2n) is 6.92. The number of hydrogen-bond acceptors (Lipinski definition) is 4. The molecule has 2 aromatic carbocycles. The van der Waals surface area contributed by atoms with Crippen molar-refractivity contribution in [3.8, 4) is 11.5 Å². The highest BCUT2D eigenvalue weighted by molar-refractivity contribution is 5.42. The van der Waals surface area contributed by atoms with Gasteiger partial charge in [-0.3, -0.25) is 0 Å². The average molecular weight is 354 g/mol. The Balaban J connectivity index is 1.47. The summed E-state index contributed by atoms with van der Waals surface area (Å²) in [5, 5.41) is 3.67. The van der Waals surface area contributed by atoms with Crippen LogP contribution in [0.1, 0.15) is 17.5 Å². The smallest absolute Gasteiger partial charge is 0.160 e. The first-order valence-corrected chi connectivity index (χ1v) is 9.49. The van der Waals surface area contributed by atoms with E-state index in [2.05, 4.69) is 52.7 Å². The monoisotopic (exact) mass is 354 g/mol. The van der Waals surface area contributed by atoms with Crippen LogP contribution < -0.4 is 14.8 Å². The zero-order valence-electron chi connectivity index (χ0n) is 15.9. The molecule has 0 radical (unpaired) electrons. The highest BCUT2D eigenvalue weighted by Gasteiger charge is 2.19. The molecule has 0 amide bonds. The maximum absolute atomic E-state index is 5.41. The summed E-state index contributed by atoms with van der Waals surface area (Å²) in [6.07, 6.45) is 3.31. The van der Waals surface area contributed by atoms with E-state index in [1.165, 1.54) is 11.1 Å². The fourth-order valence-electron chi connectivity index (χ4n) is 3.60. The van der Waals surface area contributed by atoms with Gasteiger partial charge in [0.25, 0.3) is 0 Å². The van der Waals surface area contributed by atoms with Gasteiger partial charge in [-0.1, -0.05) is 36.4 Å². The minimum Gasteiger partial charge on any atom is -0.493 e. The van der Waals surface area contributed by atoms with Gasteiger partial charge in [0.15, 0.2) is 11.5 Å². The normalized spacial score (nSPS) is 17.8. The van der Waals surface area contributed by atoms with E-state index >= 15 is 0 Å². The van der Waals surface area contributed by atoms with E-state index in [0.29, 0.717) is 6.04 Å². The highest BCUT2D eigenvalue weighted by Crippen LogP contribution is 2.28. The quantitative estimate of drug-likeness (QED) is 0.790. The van der Waals surface area contributed by atoms with Gasteiger partial charge in [-0.15, -0.1) is 0 Å². The van der Waals surface area contributed by atoms with E-state index in [-0.39, 0.29) is 0 Å². The molecular formula is C22H30N2O2. The molecule has 1 aliphatic rings. The zero-order valence-corrected chi connectivity index (χ0v) is 15.9. The van der Waals surface area contributed by atoms with Crippen molar-refractivity contribution in [2.45, 2.75) is 25.3 Å². The summed E-state index contributed by atoms with van der Waals surface area (Å²) in [5.74, 6) is 1.60. The van der Waals surface area contributed by atoms with Crippen LogP contribution in [0.2, 0.25) is 0 Å². The third-order valence-electron chi connectivity index (χ3n) is 5.13. The van der Waals surface area contributed by atoms with Gasteiger partial charge < -0.3 is 19.7 Å². The average Bonchev–Trinajstić information content (AvgIpc) is 2.71. The molecule has 4 nitrogen and oxygen atoms in total. The third kappa shape index (κ3) is 5.23. The van der Waals surface area contributed by atoms with E-state index in [1.807, 2.05) is 6.07 Å². The number of aryl methyl sites for hydroxylation is 1. The Morgan fingerprint density at radius 1 is 0.962 bits per heavy atom. The largest absolute Gasteiger partial charge is 0.493 e. The summed E-state index contributed by atoms with van der Waals surface area (Å²) in [4.78, 5) is 2.59. The van der Waals surface area contributed by atoms with Gasteiger partial charge in [0.05, 0.1) is 14.2 Å². The molecule has 0 bridgehead atoms. The summed E-state index contributed by atoms with van der Waals surface area (Å²) in [5.41, 5.74) is 2.72. The van der Waals surface area contributed by atoms with E-state index in [4.69, 9.17) is 9.47 Å². The van der Waals surface area contributed by atoms with Gasteiger partial charge in [-0.2, -0.15) is 0 Å². The second-order valence-corrected chi connectivity index (χ2v) is 6.92. The number of nitrogens with zero attached hydrogens (tertiary/aromatic N) is 1. The standard InChI is InChI=1S/C22H30N2O2/c1-25-21-11-9-19(16-22(21)26-2)8-10-20-17-24(15-13-23-20)14-12-18-6-4-3-5-7-18/h3-7,9,11,16,20,23H,8,10,12-15,17H2,1-2H3. The molecule has 1 heterocycles. The molecule has 140 valence electrons. The van der Waals surface area contributed by atoms with Gasteiger partial charge in [0, 0.05) is 32.2 Å². The molecule has 26 heavy (non-hydrogen) atoms. The Labute approximate surface area is 157 Å². The lowest BCUT2D eigenvalue weighted by Crippen LogP contribution is -2.51. The van der Waals surface area contributed by atoms with E-state index in [9.17, 15) is 0 Å². The van der Waals surface area contributed by atoms with Gasteiger partial charge in [0.1, 0.15) is 0 Å². The number of rotatable bonds is 8. The summed E-state index contributed by atoms with van der Waals surface area (Å²) in [7, 11) is 3.36. The van der Waals surface area contributed by atoms with Crippen LogP contribution >= 0.6 is 0 Å². The van der Waals surface area contributed by atoms with E-state index < -0.39 is 0 Å². The minimum absolute atomic E-state index is 0.549. The SMILES string of the molecule is COc1ccc(CCC2CN(CCc3ccccc3)CCN2)cc1OC. The third-order valence-corrected chi connectivity index (χ3v) is 5.13. The van der Waals surface area contributed by atoms with Crippen LogP contribution in [-0.2, 0) is 12.8 Å².